The highest BCUT2D eigenvalue weighted by molar-refractivity contribution is 14.1. The van der Waals surface area contributed by atoms with Gasteiger partial charge in [0.05, 0.1) is 0 Å². The van der Waals surface area contributed by atoms with Gasteiger partial charge in [0, 0.05) is 29.1 Å². The van der Waals surface area contributed by atoms with Crippen LogP contribution < -0.4 is 0 Å². The van der Waals surface area contributed by atoms with Gasteiger partial charge in [0.2, 0.25) is 0 Å². The highest BCUT2D eigenvalue weighted by Gasteiger charge is 2.22. The Bertz CT molecular complexity index is 323. The minimum atomic E-state index is -0.462. The van der Waals surface area contributed by atoms with E-state index in [9.17, 15) is 10.1 Å². The normalized spacial score (nSPS) is 10.2. The van der Waals surface area contributed by atoms with E-state index in [1.165, 1.54) is 0 Å². The molecule has 5 nitrogen and oxygen atoms in total. The minimum Gasteiger partial charge on any atom is -0.358 e. The molecule has 0 aliphatic carbocycles. The Morgan fingerprint density at radius 2 is 2.25 bits per heavy atom. The maximum atomic E-state index is 10.4. The average Bonchev–Trinajstić information content (AvgIpc) is 2.27. The highest BCUT2D eigenvalue weighted by Crippen LogP contribution is 2.22. The topological polar surface area (TPSA) is 61.0 Å². The second-order valence-corrected chi connectivity index (χ2v) is 3.98. The van der Waals surface area contributed by atoms with Gasteiger partial charge < -0.3 is 10.1 Å². The van der Waals surface area contributed by atoms with Crippen LogP contribution in [0.15, 0.2) is 0 Å². The predicted molar refractivity (Wildman–Crippen MR) is 60.0 cm³/mol. The smallest absolute Gasteiger partial charge is 0.358 e. The number of nitrogens with zero attached hydrogens (tertiary/aromatic N) is 3. The first-order valence-corrected chi connectivity index (χ1v) is 5.29. The van der Waals surface area contributed by atoms with Crippen LogP contribution in [0.3, 0.4) is 0 Å². The monoisotopic (exact) mass is 393 g/mol. The first-order valence-electron chi connectivity index (χ1n) is 3.13. The molecule has 12 heavy (non-hydrogen) atoms. The molecule has 0 aromatic carbocycles. The van der Waals surface area contributed by atoms with Crippen molar-refractivity contribution in [1.29, 1.82) is 0 Å². The summed E-state index contributed by atoms with van der Waals surface area (Å²) >= 11 is 3.91. The summed E-state index contributed by atoms with van der Waals surface area (Å²) in [5.41, 5.74) is 0. The zero-order valence-corrected chi connectivity index (χ0v) is 10.4. The van der Waals surface area contributed by atoms with E-state index in [0.717, 1.165) is 0 Å². The summed E-state index contributed by atoms with van der Waals surface area (Å²) in [6, 6.07) is 0. The standard InChI is InChI=1S/C5H5I2N3O2/c1-2-9-3(6)4(10(11)12)8-5(9)7/h2H2,1H3. The quantitative estimate of drug-likeness (QED) is 0.439. The van der Waals surface area contributed by atoms with Crippen molar-refractivity contribution >= 4 is 51.0 Å². The van der Waals surface area contributed by atoms with Gasteiger partial charge in [0.15, 0.2) is 3.70 Å². The molecule has 1 aromatic heterocycles. The molecule has 0 spiro atoms. The molecule has 66 valence electrons. The van der Waals surface area contributed by atoms with Crippen LogP contribution in [-0.4, -0.2) is 14.5 Å². The van der Waals surface area contributed by atoms with E-state index in [1.54, 1.807) is 4.57 Å². The van der Waals surface area contributed by atoms with Crippen LogP contribution in [0.1, 0.15) is 6.92 Å². The molecule has 1 rings (SSSR count). The summed E-state index contributed by atoms with van der Waals surface area (Å²) in [7, 11) is 0. The Morgan fingerprint density at radius 3 is 2.50 bits per heavy atom. The van der Waals surface area contributed by atoms with E-state index in [4.69, 9.17) is 0 Å². The summed E-state index contributed by atoms with van der Waals surface area (Å²) in [4.78, 5) is 13.8. The van der Waals surface area contributed by atoms with Crippen LogP contribution in [0.5, 0.6) is 0 Å². The molecule has 7 heteroatoms. The van der Waals surface area contributed by atoms with Crippen LogP contribution in [0.25, 0.3) is 0 Å². The third-order valence-electron chi connectivity index (χ3n) is 1.33. The first kappa shape index (κ1) is 10.2. The summed E-state index contributed by atoms with van der Waals surface area (Å²) in [6.07, 6.45) is 0. The van der Waals surface area contributed by atoms with Crippen LogP contribution in [0, 0.1) is 17.6 Å². The minimum absolute atomic E-state index is 0.0538. The molecule has 0 N–H and O–H groups in total. The van der Waals surface area contributed by atoms with Crippen molar-refractivity contribution in [3.63, 3.8) is 0 Å². The molecular formula is C5H5I2N3O2. The largest absolute Gasteiger partial charge is 0.396 e. The molecule has 0 amide bonds. The Labute approximate surface area is 96.0 Å². The van der Waals surface area contributed by atoms with Crippen molar-refractivity contribution in [2.45, 2.75) is 13.5 Å². The van der Waals surface area contributed by atoms with E-state index in [1.807, 2.05) is 52.1 Å². The maximum absolute atomic E-state index is 10.4. The molecule has 0 bridgehead atoms. The Balaban J connectivity index is 3.26. The fraction of sp³-hybridized carbons (Fsp3) is 0.400. The Hall–Kier alpha value is 0.0700. The van der Waals surface area contributed by atoms with Gasteiger partial charge >= 0.3 is 5.82 Å². The summed E-state index contributed by atoms with van der Waals surface area (Å²) in [6.45, 7) is 2.63. The third kappa shape index (κ3) is 1.70. The fourth-order valence-electron chi connectivity index (χ4n) is 0.781. The van der Waals surface area contributed by atoms with Gasteiger partial charge in [-0.1, -0.05) is 0 Å². The van der Waals surface area contributed by atoms with Crippen LogP contribution >= 0.6 is 45.2 Å². The second kappa shape index (κ2) is 3.85. The molecule has 0 fully saturated rings. The number of aromatic nitrogens is 2. The zero-order valence-electron chi connectivity index (χ0n) is 6.12. The van der Waals surface area contributed by atoms with Crippen molar-refractivity contribution < 1.29 is 4.92 Å². The van der Waals surface area contributed by atoms with E-state index >= 15 is 0 Å². The maximum Gasteiger partial charge on any atom is 0.396 e. The number of nitro groups is 1. The van der Waals surface area contributed by atoms with Gasteiger partial charge in [0.1, 0.15) is 0 Å². The first-order chi connectivity index (χ1) is 5.57. The molecular weight excluding hydrogens is 388 g/mol. The van der Waals surface area contributed by atoms with Gasteiger partial charge in [-0.25, -0.2) is 0 Å². The van der Waals surface area contributed by atoms with E-state index < -0.39 is 4.92 Å². The SMILES string of the molecule is CCn1c(I)nc([N+](=O)[O-])c1I. The van der Waals surface area contributed by atoms with Crippen LogP contribution in [0.2, 0.25) is 0 Å². The molecule has 1 aromatic rings. The van der Waals surface area contributed by atoms with E-state index in [2.05, 4.69) is 4.98 Å². The lowest BCUT2D eigenvalue weighted by atomic mass is 10.7. The van der Waals surface area contributed by atoms with E-state index in [0.29, 0.717) is 14.1 Å². The fourth-order valence-corrected chi connectivity index (χ4v) is 2.94. The summed E-state index contributed by atoms with van der Waals surface area (Å²) < 4.78 is 3.04. The van der Waals surface area contributed by atoms with Gasteiger partial charge in [-0.3, -0.25) is 4.57 Å². The lowest BCUT2D eigenvalue weighted by Gasteiger charge is -1.95. The molecule has 0 aliphatic rings. The summed E-state index contributed by atoms with van der Waals surface area (Å²) in [5.74, 6) is -0.0538. The van der Waals surface area contributed by atoms with Crippen LogP contribution in [-0.2, 0) is 6.54 Å². The Morgan fingerprint density at radius 1 is 1.67 bits per heavy atom. The van der Waals surface area contributed by atoms with E-state index in [-0.39, 0.29) is 5.82 Å². The molecule has 1 heterocycles. The summed E-state index contributed by atoms with van der Waals surface area (Å²) in [5, 5.41) is 10.4. The molecule has 0 saturated heterocycles. The lowest BCUT2D eigenvalue weighted by Crippen LogP contribution is -1.99. The van der Waals surface area contributed by atoms with Crippen molar-refractivity contribution in [3.05, 3.63) is 17.6 Å². The average molecular weight is 393 g/mol. The highest BCUT2D eigenvalue weighted by atomic mass is 127. The van der Waals surface area contributed by atoms with Gasteiger partial charge in [0.25, 0.3) is 3.83 Å². The van der Waals surface area contributed by atoms with Crippen LogP contribution in [0.4, 0.5) is 5.82 Å². The number of imidazole rings is 1. The lowest BCUT2D eigenvalue weighted by molar-refractivity contribution is -0.390. The molecule has 0 saturated carbocycles. The number of halogens is 2. The number of hydrogen-bond donors (Lipinski definition) is 0. The van der Waals surface area contributed by atoms with Gasteiger partial charge in [-0.2, -0.15) is 0 Å². The van der Waals surface area contributed by atoms with Crippen molar-refractivity contribution in [1.82, 2.24) is 9.55 Å². The van der Waals surface area contributed by atoms with Gasteiger partial charge in [-0.05, 0) is 39.4 Å². The third-order valence-corrected chi connectivity index (χ3v) is 3.22. The number of hydrogen-bond acceptors (Lipinski definition) is 3. The molecule has 0 atom stereocenters. The molecule has 0 unspecified atom stereocenters. The number of rotatable bonds is 2. The van der Waals surface area contributed by atoms with Crippen molar-refractivity contribution in [2.24, 2.45) is 0 Å². The van der Waals surface area contributed by atoms with Crippen molar-refractivity contribution in [2.75, 3.05) is 0 Å². The predicted octanol–water partition coefficient (Wildman–Crippen LogP) is 2.02. The van der Waals surface area contributed by atoms with Crippen molar-refractivity contribution in [3.8, 4) is 0 Å². The molecule has 0 aliphatic heterocycles. The second-order valence-electron chi connectivity index (χ2n) is 2.00. The Kier molecular flexibility index (Phi) is 3.26. The molecule has 0 radical (unpaired) electrons. The zero-order chi connectivity index (χ0) is 9.30. The van der Waals surface area contributed by atoms with Gasteiger partial charge in [-0.15, -0.1) is 0 Å².